The third kappa shape index (κ3) is 4.13. The van der Waals surface area contributed by atoms with E-state index in [1.807, 2.05) is 0 Å². The van der Waals surface area contributed by atoms with Crippen LogP contribution in [-0.2, 0) is 4.79 Å². The van der Waals surface area contributed by atoms with E-state index in [1.54, 1.807) is 31.4 Å². The van der Waals surface area contributed by atoms with Gasteiger partial charge in [0.2, 0.25) is 5.91 Å². The number of benzene rings is 1. The minimum absolute atomic E-state index is 0.166. The molecule has 2 aromatic rings. The van der Waals surface area contributed by atoms with Gasteiger partial charge in [-0.25, -0.2) is 4.98 Å². The summed E-state index contributed by atoms with van der Waals surface area (Å²) in [6.07, 6.45) is 1.41. The quantitative estimate of drug-likeness (QED) is 0.644. The molecule has 1 aromatic heterocycles. The molecule has 0 aliphatic heterocycles. The smallest absolute Gasteiger partial charge is 0.251 e. The molecule has 0 aliphatic carbocycles. The number of H-pyrrole nitrogens is 1. The van der Waals surface area contributed by atoms with Gasteiger partial charge in [0, 0.05) is 18.0 Å². The number of rotatable bonds is 5. The average molecular weight is 291 g/mol. The Hall–Kier alpha value is -2.28. The molecule has 104 valence electrons. The molecule has 0 aliphatic rings. The van der Waals surface area contributed by atoms with Gasteiger partial charge in [0.1, 0.15) is 5.75 Å². The first-order chi connectivity index (χ1) is 9.67. The number of anilines is 1. The van der Waals surface area contributed by atoms with Crippen LogP contribution in [0, 0.1) is 0 Å². The molecule has 0 atom stereocenters. The highest BCUT2D eigenvalue weighted by Gasteiger charge is 2.05. The molecule has 0 unspecified atom stereocenters. The van der Waals surface area contributed by atoms with Crippen LogP contribution in [0.15, 0.2) is 46.5 Å². The number of ether oxygens (including phenoxy) is 1. The summed E-state index contributed by atoms with van der Waals surface area (Å²) in [5.41, 5.74) is 0.448. The van der Waals surface area contributed by atoms with Gasteiger partial charge in [0.05, 0.1) is 12.9 Å². The molecule has 0 radical (unpaired) electrons. The molecule has 0 spiro atoms. The monoisotopic (exact) mass is 291 g/mol. The molecule has 1 aromatic carbocycles. The van der Waals surface area contributed by atoms with E-state index >= 15 is 0 Å². The zero-order valence-corrected chi connectivity index (χ0v) is 11.6. The Morgan fingerprint density at radius 1 is 1.35 bits per heavy atom. The van der Waals surface area contributed by atoms with Crippen molar-refractivity contribution in [1.82, 2.24) is 9.97 Å². The van der Waals surface area contributed by atoms with E-state index in [9.17, 15) is 9.59 Å². The number of aromatic nitrogens is 2. The fraction of sp³-hybridized carbons (Fsp3) is 0.154. The maximum atomic E-state index is 11.7. The van der Waals surface area contributed by atoms with Crippen LogP contribution < -0.4 is 15.6 Å². The van der Waals surface area contributed by atoms with Crippen molar-refractivity contribution in [2.75, 3.05) is 18.2 Å². The molecule has 0 fully saturated rings. The molecule has 6 nitrogen and oxygen atoms in total. The first-order valence-corrected chi connectivity index (χ1v) is 6.78. The van der Waals surface area contributed by atoms with E-state index in [4.69, 9.17) is 4.74 Å². The minimum atomic E-state index is -0.238. The molecular weight excluding hydrogens is 278 g/mol. The van der Waals surface area contributed by atoms with Crippen molar-refractivity contribution in [2.45, 2.75) is 5.16 Å². The van der Waals surface area contributed by atoms with E-state index in [1.165, 1.54) is 24.0 Å². The van der Waals surface area contributed by atoms with Gasteiger partial charge in [0.15, 0.2) is 5.16 Å². The number of hydrogen-bond acceptors (Lipinski definition) is 5. The highest BCUT2D eigenvalue weighted by atomic mass is 32.2. The first-order valence-electron chi connectivity index (χ1n) is 5.79. The van der Waals surface area contributed by atoms with Crippen molar-refractivity contribution >= 4 is 23.4 Å². The third-order valence-corrected chi connectivity index (χ3v) is 3.25. The van der Waals surface area contributed by atoms with Crippen molar-refractivity contribution < 1.29 is 9.53 Å². The maximum Gasteiger partial charge on any atom is 0.251 e. The predicted molar refractivity (Wildman–Crippen MR) is 77.2 cm³/mol. The number of carbonyl (C=O) groups excluding carboxylic acids is 1. The van der Waals surface area contributed by atoms with Crippen molar-refractivity contribution in [3.8, 4) is 5.75 Å². The lowest BCUT2D eigenvalue weighted by Gasteiger charge is -2.05. The van der Waals surface area contributed by atoms with Gasteiger partial charge in [0.25, 0.3) is 5.56 Å². The number of methoxy groups -OCH3 is 1. The fourth-order valence-electron chi connectivity index (χ4n) is 1.43. The van der Waals surface area contributed by atoms with Crippen LogP contribution in [0.1, 0.15) is 0 Å². The molecule has 2 rings (SSSR count). The highest BCUT2D eigenvalue weighted by molar-refractivity contribution is 7.99. The molecule has 0 saturated carbocycles. The highest BCUT2D eigenvalue weighted by Crippen LogP contribution is 2.16. The Balaban J connectivity index is 1.87. The van der Waals surface area contributed by atoms with Crippen LogP contribution in [0.25, 0.3) is 0 Å². The van der Waals surface area contributed by atoms with Crippen LogP contribution >= 0.6 is 11.8 Å². The summed E-state index contributed by atoms with van der Waals surface area (Å²) in [5.74, 6) is 0.717. The number of nitrogens with one attached hydrogen (secondary N) is 2. The molecule has 7 heteroatoms. The van der Waals surface area contributed by atoms with E-state index < -0.39 is 0 Å². The van der Waals surface area contributed by atoms with Gasteiger partial charge < -0.3 is 15.0 Å². The van der Waals surface area contributed by atoms with Crippen molar-refractivity contribution in [3.05, 3.63) is 46.9 Å². The van der Waals surface area contributed by atoms with Crippen molar-refractivity contribution in [3.63, 3.8) is 0 Å². The second-order valence-electron chi connectivity index (χ2n) is 3.80. The molecule has 1 amide bonds. The number of hydrogen-bond donors (Lipinski definition) is 2. The summed E-state index contributed by atoms with van der Waals surface area (Å²) >= 11 is 1.17. The van der Waals surface area contributed by atoms with Gasteiger partial charge in [-0.1, -0.05) is 11.8 Å². The SMILES string of the molecule is COc1ccc(NC(=O)CSc2nccc(=O)[nH]2)cc1. The standard InChI is InChI=1S/C13H13N3O3S/c1-19-10-4-2-9(3-5-10)15-12(18)8-20-13-14-7-6-11(17)16-13/h2-7H,8H2,1H3,(H,15,18)(H,14,16,17). The van der Waals surface area contributed by atoms with E-state index in [0.29, 0.717) is 10.8 Å². The van der Waals surface area contributed by atoms with Crippen molar-refractivity contribution in [2.24, 2.45) is 0 Å². The van der Waals surface area contributed by atoms with Gasteiger partial charge >= 0.3 is 0 Å². The van der Waals surface area contributed by atoms with Crippen LogP contribution in [0.4, 0.5) is 5.69 Å². The number of nitrogens with zero attached hydrogens (tertiary/aromatic N) is 1. The summed E-state index contributed by atoms with van der Waals surface area (Å²) in [5, 5.41) is 3.16. The Morgan fingerprint density at radius 3 is 2.75 bits per heavy atom. The maximum absolute atomic E-state index is 11.7. The van der Waals surface area contributed by atoms with E-state index in [-0.39, 0.29) is 17.2 Å². The van der Waals surface area contributed by atoms with E-state index in [2.05, 4.69) is 15.3 Å². The second kappa shape index (κ2) is 6.76. The Bertz CT molecular complexity index is 640. The summed E-state index contributed by atoms with van der Waals surface area (Å²) in [6.45, 7) is 0. The normalized spacial score (nSPS) is 10.1. The number of thioether (sulfide) groups is 1. The number of carbonyl (C=O) groups is 1. The van der Waals surface area contributed by atoms with Crippen LogP contribution in [0.3, 0.4) is 0 Å². The predicted octanol–water partition coefficient (Wildman–Crippen LogP) is 1.51. The summed E-state index contributed by atoms with van der Waals surface area (Å²) in [6, 6.07) is 8.35. The lowest BCUT2D eigenvalue weighted by atomic mass is 10.3. The van der Waals surface area contributed by atoms with Gasteiger partial charge in [-0.3, -0.25) is 9.59 Å². The van der Waals surface area contributed by atoms with Gasteiger partial charge in [-0.05, 0) is 24.3 Å². The van der Waals surface area contributed by atoms with Gasteiger partial charge in [-0.2, -0.15) is 0 Å². The molecule has 2 N–H and O–H groups in total. The molecule has 20 heavy (non-hydrogen) atoms. The van der Waals surface area contributed by atoms with Crippen molar-refractivity contribution in [1.29, 1.82) is 0 Å². The molecule has 0 saturated heterocycles. The largest absolute Gasteiger partial charge is 0.497 e. The summed E-state index contributed by atoms with van der Waals surface area (Å²) in [7, 11) is 1.58. The Kier molecular flexibility index (Phi) is 4.78. The van der Waals surface area contributed by atoms with Gasteiger partial charge in [-0.15, -0.1) is 0 Å². The third-order valence-electron chi connectivity index (χ3n) is 2.36. The minimum Gasteiger partial charge on any atom is -0.497 e. The Labute approximate surface area is 119 Å². The molecular formula is C13H13N3O3S. The first kappa shape index (κ1) is 14.1. The lowest BCUT2D eigenvalue weighted by Crippen LogP contribution is -2.15. The lowest BCUT2D eigenvalue weighted by molar-refractivity contribution is -0.113. The molecule has 1 heterocycles. The second-order valence-corrected chi connectivity index (χ2v) is 4.77. The topological polar surface area (TPSA) is 84.1 Å². The average Bonchev–Trinajstić information content (AvgIpc) is 2.46. The zero-order valence-electron chi connectivity index (χ0n) is 10.8. The van der Waals surface area contributed by atoms with Crippen LogP contribution in [0.5, 0.6) is 5.75 Å². The van der Waals surface area contributed by atoms with Crippen LogP contribution in [-0.4, -0.2) is 28.7 Å². The van der Waals surface area contributed by atoms with Crippen LogP contribution in [0.2, 0.25) is 0 Å². The zero-order chi connectivity index (χ0) is 14.4. The number of amides is 1. The molecule has 0 bridgehead atoms. The number of aromatic amines is 1. The summed E-state index contributed by atoms with van der Waals surface area (Å²) < 4.78 is 5.03. The summed E-state index contributed by atoms with van der Waals surface area (Å²) in [4.78, 5) is 29.3. The Morgan fingerprint density at radius 2 is 2.10 bits per heavy atom. The van der Waals surface area contributed by atoms with E-state index in [0.717, 1.165) is 5.75 Å². The fourth-order valence-corrected chi connectivity index (χ4v) is 2.08.